The zero-order valence-electron chi connectivity index (χ0n) is 11.3. The topological polar surface area (TPSA) is 20.3 Å². The van der Waals surface area contributed by atoms with Gasteiger partial charge in [0.25, 0.3) is 0 Å². The number of hydrogen-bond donors (Lipinski definition) is 0. The summed E-state index contributed by atoms with van der Waals surface area (Å²) in [5.74, 6) is 0.784. The molecule has 0 spiro atoms. The Morgan fingerprint density at radius 1 is 1.38 bits per heavy atom. The minimum absolute atomic E-state index is 0.161. The maximum Gasteiger partial charge on any atom is 0.127 e. The van der Waals surface area contributed by atoms with Crippen molar-refractivity contribution in [2.45, 2.75) is 58.9 Å². The van der Waals surface area contributed by atoms with Crippen LogP contribution in [0, 0.1) is 11.3 Å². The van der Waals surface area contributed by atoms with Crippen molar-refractivity contribution < 1.29 is 4.79 Å². The molecule has 3 atom stereocenters. The van der Waals surface area contributed by atoms with Crippen molar-refractivity contribution in [2.75, 3.05) is 13.6 Å². The van der Waals surface area contributed by atoms with Crippen molar-refractivity contribution in [2.24, 2.45) is 11.3 Å². The van der Waals surface area contributed by atoms with E-state index in [4.69, 9.17) is 0 Å². The second kappa shape index (κ2) is 5.81. The molecule has 1 aliphatic carbocycles. The Kier molecular flexibility index (Phi) is 4.97. The number of aldehydes is 1. The van der Waals surface area contributed by atoms with Gasteiger partial charge in [-0.25, -0.2) is 0 Å². The lowest BCUT2D eigenvalue weighted by Gasteiger charge is -2.39. The summed E-state index contributed by atoms with van der Waals surface area (Å²) in [6, 6.07) is 0.680. The van der Waals surface area contributed by atoms with Crippen molar-refractivity contribution in [3.8, 4) is 0 Å². The van der Waals surface area contributed by atoms with Crippen molar-refractivity contribution in [3.05, 3.63) is 0 Å². The summed E-state index contributed by atoms with van der Waals surface area (Å²) in [6.45, 7) is 7.43. The van der Waals surface area contributed by atoms with Crippen molar-refractivity contribution >= 4 is 6.29 Å². The first-order valence-electron chi connectivity index (χ1n) is 6.69. The Morgan fingerprint density at radius 2 is 2.00 bits per heavy atom. The highest BCUT2D eigenvalue weighted by Crippen LogP contribution is 2.29. The predicted molar refractivity (Wildman–Crippen MR) is 68.5 cm³/mol. The molecule has 1 fully saturated rings. The van der Waals surface area contributed by atoms with E-state index in [-0.39, 0.29) is 5.41 Å². The van der Waals surface area contributed by atoms with Gasteiger partial charge in [-0.1, -0.05) is 33.6 Å². The maximum atomic E-state index is 11.1. The molecular formula is C14H27NO. The number of carbonyl (C=O) groups is 1. The average molecular weight is 225 g/mol. The number of nitrogens with zero attached hydrogens (tertiary/aromatic N) is 1. The molecule has 0 heterocycles. The molecule has 16 heavy (non-hydrogen) atoms. The lowest BCUT2D eigenvalue weighted by atomic mass is 9.82. The largest absolute Gasteiger partial charge is 0.303 e. The predicted octanol–water partition coefficient (Wildman–Crippen LogP) is 3.11. The Balaban J connectivity index is 2.56. The summed E-state index contributed by atoms with van der Waals surface area (Å²) in [6.07, 6.45) is 7.45. The van der Waals surface area contributed by atoms with Crippen LogP contribution in [0.2, 0.25) is 0 Å². The fourth-order valence-corrected chi connectivity index (χ4v) is 2.87. The molecule has 1 saturated carbocycles. The number of rotatable bonds is 5. The standard InChI is InChI=1S/C14H27NO/c1-5-14(3,11-16)10-15(4)13-9-7-6-8-12(13)2/h11-13H,5-10H2,1-4H3. The van der Waals surface area contributed by atoms with Crippen LogP contribution < -0.4 is 0 Å². The Morgan fingerprint density at radius 3 is 2.50 bits per heavy atom. The van der Waals surface area contributed by atoms with E-state index >= 15 is 0 Å². The van der Waals surface area contributed by atoms with Gasteiger partial charge in [-0.2, -0.15) is 0 Å². The molecule has 0 amide bonds. The second-order valence-corrected chi connectivity index (χ2v) is 5.87. The SMILES string of the molecule is CCC(C)(C=O)CN(C)C1CCCCC1C. The van der Waals surface area contributed by atoms with Gasteiger partial charge in [0.15, 0.2) is 0 Å². The summed E-state index contributed by atoms with van der Waals surface area (Å²) in [4.78, 5) is 13.5. The van der Waals surface area contributed by atoms with E-state index in [9.17, 15) is 4.79 Å². The maximum absolute atomic E-state index is 11.1. The molecule has 1 rings (SSSR count). The van der Waals surface area contributed by atoms with Gasteiger partial charge in [0, 0.05) is 18.0 Å². The van der Waals surface area contributed by atoms with Gasteiger partial charge < -0.3 is 9.69 Å². The van der Waals surface area contributed by atoms with Gasteiger partial charge in [-0.15, -0.1) is 0 Å². The second-order valence-electron chi connectivity index (χ2n) is 5.87. The molecule has 2 heteroatoms. The van der Waals surface area contributed by atoms with Gasteiger partial charge in [0.1, 0.15) is 6.29 Å². The fourth-order valence-electron chi connectivity index (χ4n) is 2.87. The van der Waals surface area contributed by atoms with Crippen molar-refractivity contribution in [3.63, 3.8) is 0 Å². The zero-order valence-corrected chi connectivity index (χ0v) is 11.3. The Hall–Kier alpha value is -0.370. The highest BCUT2D eigenvalue weighted by Gasteiger charge is 2.30. The summed E-state index contributed by atoms with van der Waals surface area (Å²) in [7, 11) is 2.18. The van der Waals surface area contributed by atoms with Crippen LogP contribution >= 0.6 is 0 Å². The molecule has 0 radical (unpaired) electrons. The van der Waals surface area contributed by atoms with Crippen LogP contribution in [0.25, 0.3) is 0 Å². The zero-order chi connectivity index (χ0) is 12.2. The normalized spacial score (nSPS) is 30.1. The van der Waals surface area contributed by atoms with Crippen LogP contribution in [0.4, 0.5) is 0 Å². The average Bonchev–Trinajstić information content (AvgIpc) is 2.29. The molecule has 3 unspecified atom stereocenters. The van der Waals surface area contributed by atoms with E-state index in [1.54, 1.807) is 0 Å². The first-order valence-corrected chi connectivity index (χ1v) is 6.69. The lowest BCUT2D eigenvalue weighted by Crippen LogP contribution is -2.44. The molecule has 0 aromatic carbocycles. The monoisotopic (exact) mass is 225 g/mol. The van der Waals surface area contributed by atoms with Crippen LogP contribution in [0.15, 0.2) is 0 Å². The Labute approximate surface area is 100 Å². The minimum atomic E-state index is -0.161. The molecular weight excluding hydrogens is 198 g/mol. The molecule has 0 aromatic rings. The molecule has 0 saturated heterocycles. The Bertz CT molecular complexity index is 229. The first kappa shape index (κ1) is 13.7. The van der Waals surface area contributed by atoms with Gasteiger partial charge in [-0.3, -0.25) is 0 Å². The third-order valence-electron chi connectivity index (χ3n) is 4.34. The highest BCUT2D eigenvalue weighted by atomic mass is 16.1. The fraction of sp³-hybridized carbons (Fsp3) is 0.929. The summed E-state index contributed by atoms with van der Waals surface area (Å²) >= 11 is 0. The third-order valence-corrected chi connectivity index (χ3v) is 4.34. The highest BCUT2D eigenvalue weighted by molar-refractivity contribution is 5.58. The van der Waals surface area contributed by atoms with Gasteiger partial charge in [0.05, 0.1) is 0 Å². The molecule has 1 aliphatic rings. The quantitative estimate of drug-likeness (QED) is 0.670. The first-order chi connectivity index (χ1) is 7.52. The summed E-state index contributed by atoms with van der Waals surface area (Å²) < 4.78 is 0. The minimum Gasteiger partial charge on any atom is -0.303 e. The van der Waals surface area contributed by atoms with E-state index in [0.717, 1.165) is 25.2 Å². The van der Waals surface area contributed by atoms with Crippen molar-refractivity contribution in [1.29, 1.82) is 0 Å². The molecule has 2 nitrogen and oxygen atoms in total. The van der Waals surface area contributed by atoms with Crippen molar-refractivity contribution in [1.82, 2.24) is 4.90 Å². The molecule has 0 aliphatic heterocycles. The smallest absolute Gasteiger partial charge is 0.127 e. The number of carbonyl (C=O) groups excluding carboxylic acids is 1. The molecule has 0 aromatic heterocycles. The van der Waals surface area contributed by atoms with Crippen LogP contribution in [0.1, 0.15) is 52.9 Å². The van der Waals surface area contributed by atoms with Crippen LogP contribution in [-0.4, -0.2) is 30.8 Å². The van der Waals surface area contributed by atoms with Crippen LogP contribution in [0.3, 0.4) is 0 Å². The summed E-state index contributed by atoms with van der Waals surface area (Å²) in [5.41, 5.74) is -0.161. The third kappa shape index (κ3) is 3.31. The number of hydrogen-bond acceptors (Lipinski definition) is 2. The van der Waals surface area contributed by atoms with Gasteiger partial charge in [-0.05, 0) is 32.2 Å². The molecule has 0 bridgehead atoms. The van der Waals surface area contributed by atoms with Gasteiger partial charge >= 0.3 is 0 Å². The van der Waals surface area contributed by atoms with E-state index in [1.165, 1.54) is 25.7 Å². The van der Waals surface area contributed by atoms with E-state index in [0.29, 0.717) is 6.04 Å². The summed E-state index contributed by atoms with van der Waals surface area (Å²) in [5, 5.41) is 0. The van der Waals surface area contributed by atoms with Crippen LogP contribution in [0.5, 0.6) is 0 Å². The molecule has 94 valence electrons. The van der Waals surface area contributed by atoms with Gasteiger partial charge in [0.2, 0.25) is 0 Å². The van der Waals surface area contributed by atoms with E-state index < -0.39 is 0 Å². The van der Waals surface area contributed by atoms with Crippen LogP contribution in [-0.2, 0) is 4.79 Å². The van der Waals surface area contributed by atoms with E-state index in [2.05, 4.69) is 32.7 Å². The molecule has 0 N–H and O–H groups in total. The lowest BCUT2D eigenvalue weighted by molar-refractivity contribution is -0.117. The van der Waals surface area contributed by atoms with E-state index in [1.807, 2.05) is 0 Å².